The van der Waals surface area contributed by atoms with Crippen molar-refractivity contribution in [2.24, 2.45) is 4.99 Å². The number of carbonyl (C=O) groups excluding carboxylic acids is 2. The fourth-order valence-corrected chi connectivity index (χ4v) is 3.68. The van der Waals surface area contributed by atoms with E-state index in [1.54, 1.807) is 36.4 Å². The molecule has 0 radical (unpaired) electrons. The van der Waals surface area contributed by atoms with Crippen LogP contribution in [0.4, 0.5) is 10.5 Å². The molecule has 1 aliphatic heterocycles. The highest BCUT2D eigenvalue weighted by molar-refractivity contribution is 9.11. The lowest BCUT2D eigenvalue weighted by molar-refractivity contribution is -0.111. The number of aliphatic imine (C=N–C) groups is 1. The van der Waals surface area contributed by atoms with Crippen molar-refractivity contribution in [2.45, 2.75) is 6.42 Å². The summed E-state index contributed by atoms with van der Waals surface area (Å²) in [5.74, 6) is -0.403. The van der Waals surface area contributed by atoms with Gasteiger partial charge >= 0.3 is 6.03 Å². The van der Waals surface area contributed by atoms with E-state index in [9.17, 15) is 14.7 Å². The molecule has 1 aliphatic rings. The summed E-state index contributed by atoms with van der Waals surface area (Å²) < 4.78 is 0.970. The molecule has 0 fully saturated rings. The number of halogens is 3. The number of hydrogen-bond donors (Lipinski definition) is 1. The number of urea groups is 1. The first kappa shape index (κ1) is 17.1. The van der Waals surface area contributed by atoms with Crippen molar-refractivity contribution in [3.05, 3.63) is 55.9 Å². The smallest absolute Gasteiger partial charge is 0.355 e. The lowest BCUT2D eigenvalue weighted by Crippen LogP contribution is -2.33. The highest BCUT2D eigenvalue weighted by Crippen LogP contribution is 2.34. The molecule has 2 aromatic carbocycles. The zero-order chi connectivity index (χ0) is 17.4. The number of rotatable bonds is 3. The monoisotopic (exact) mass is 470 g/mol. The average Bonchev–Trinajstić information content (AvgIpc) is 2.80. The number of imide groups is 1. The number of phenols is 1. The van der Waals surface area contributed by atoms with Gasteiger partial charge in [-0.1, -0.05) is 11.6 Å². The Balaban J connectivity index is 1.86. The van der Waals surface area contributed by atoms with E-state index >= 15 is 0 Å². The normalized spacial score (nSPS) is 14.3. The van der Waals surface area contributed by atoms with E-state index < -0.39 is 11.9 Å². The van der Waals surface area contributed by atoms with Gasteiger partial charge in [-0.3, -0.25) is 4.79 Å². The Bertz CT molecular complexity index is 858. The first-order valence-corrected chi connectivity index (χ1v) is 8.71. The highest BCUT2D eigenvalue weighted by atomic mass is 79.9. The Morgan fingerprint density at radius 1 is 1.08 bits per heavy atom. The van der Waals surface area contributed by atoms with Crippen molar-refractivity contribution in [1.29, 1.82) is 0 Å². The summed E-state index contributed by atoms with van der Waals surface area (Å²) in [6, 6.07) is 9.09. The van der Waals surface area contributed by atoms with E-state index in [0.29, 0.717) is 19.7 Å². The van der Waals surface area contributed by atoms with Crippen molar-refractivity contribution in [1.82, 2.24) is 0 Å². The summed E-state index contributed by atoms with van der Waals surface area (Å²) in [7, 11) is 0. The van der Waals surface area contributed by atoms with Gasteiger partial charge in [0.1, 0.15) is 11.5 Å². The number of carbonyl (C=O) groups is 2. The molecule has 0 bridgehead atoms. The minimum atomic E-state index is -0.630. The van der Waals surface area contributed by atoms with Gasteiger partial charge in [0.25, 0.3) is 5.91 Å². The zero-order valence-corrected chi connectivity index (χ0v) is 15.9. The van der Waals surface area contributed by atoms with E-state index in [0.717, 1.165) is 10.5 Å². The second-order valence-corrected chi connectivity index (χ2v) is 7.19. The van der Waals surface area contributed by atoms with E-state index in [2.05, 4.69) is 36.9 Å². The topological polar surface area (TPSA) is 70.0 Å². The minimum Gasteiger partial charge on any atom is -0.506 e. The molecule has 2 aromatic rings. The van der Waals surface area contributed by atoms with Gasteiger partial charge in [-0.2, -0.15) is 4.99 Å². The number of amides is 3. The molecule has 0 unspecified atom stereocenters. The van der Waals surface area contributed by atoms with E-state index in [1.165, 1.54) is 0 Å². The molecule has 8 heteroatoms. The minimum absolute atomic E-state index is 0.0669. The fourth-order valence-electron chi connectivity index (χ4n) is 2.28. The van der Waals surface area contributed by atoms with Crippen LogP contribution in [0.3, 0.4) is 0 Å². The van der Waals surface area contributed by atoms with Gasteiger partial charge in [-0.15, -0.1) is 0 Å². The van der Waals surface area contributed by atoms with E-state index in [4.69, 9.17) is 11.6 Å². The Kier molecular flexibility index (Phi) is 4.76. The molecule has 1 heterocycles. The van der Waals surface area contributed by atoms with Crippen LogP contribution in [0.5, 0.6) is 5.75 Å². The molecular weight excluding hydrogens is 463 g/mol. The van der Waals surface area contributed by atoms with Crippen LogP contribution in [-0.2, 0) is 11.2 Å². The maximum atomic E-state index is 12.5. The van der Waals surface area contributed by atoms with Gasteiger partial charge in [0.2, 0.25) is 0 Å². The number of aromatic hydroxyl groups is 1. The summed E-state index contributed by atoms with van der Waals surface area (Å²) in [5, 5.41) is 10.2. The van der Waals surface area contributed by atoms with Crippen LogP contribution in [0, 0.1) is 0 Å². The van der Waals surface area contributed by atoms with Gasteiger partial charge in [-0.05, 0) is 73.8 Å². The fraction of sp³-hybridized carbons (Fsp3) is 0.0625. The van der Waals surface area contributed by atoms with Crippen molar-refractivity contribution in [2.75, 3.05) is 4.90 Å². The van der Waals surface area contributed by atoms with Gasteiger partial charge < -0.3 is 5.11 Å². The predicted molar refractivity (Wildman–Crippen MR) is 99.0 cm³/mol. The first-order valence-electron chi connectivity index (χ1n) is 6.75. The summed E-state index contributed by atoms with van der Waals surface area (Å²) in [5.41, 5.74) is 1.28. The molecule has 0 saturated carbocycles. The molecule has 3 rings (SSSR count). The van der Waals surface area contributed by atoms with Crippen molar-refractivity contribution in [3.63, 3.8) is 0 Å². The number of phenolic OH excluding ortho intramolecular Hbond substituents is 1. The van der Waals surface area contributed by atoms with Crippen LogP contribution in [0.2, 0.25) is 5.02 Å². The summed E-state index contributed by atoms with van der Waals surface area (Å²) in [6.45, 7) is 0. The zero-order valence-electron chi connectivity index (χ0n) is 12.0. The van der Waals surface area contributed by atoms with Gasteiger partial charge in [0.05, 0.1) is 14.6 Å². The molecule has 0 spiro atoms. The van der Waals surface area contributed by atoms with Gasteiger partial charge in [0, 0.05) is 11.4 Å². The third kappa shape index (κ3) is 3.24. The van der Waals surface area contributed by atoms with Gasteiger partial charge in [-0.25, -0.2) is 9.69 Å². The number of hydrogen-bond acceptors (Lipinski definition) is 3. The first-order chi connectivity index (χ1) is 11.4. The quantitative estimate of drug-likeness (QED) is 0.703. The average molecular weight is 473 g/mol. The summed E-state index contributed by atoms with van der Waals surface area (Å²) >= 11 is 12.3. The summed E-state index contributed by atoms with van der Waals surface area (Å²) in [4.78, 5) is 29.5. The summed E-state index contributed by atoms with van der Waals surface area (Å²) in [6.07, 6.45) is 0.173. The molecule has 122 valence electrons. The number of nitrogens with zero attached hydrogens (tertiary/aromatic N) is 2. The lowest BCUT2D eigenvalue weighted by atomic mass is 10.1. The molecule has 24 heavy (non-hydrogen) atoms. The molecule has 0 atom stereocenters. The van der Waals surface area contributed by atoms with E-state index in [-0.39, 0.29) is 17.9 Å². The van der Waals surface area contributed by atoms with Crippen LogP contribution < -0.4 is 4.90 Å². The van der Waals surface area contributed by atoms with Crippen LogP contribution in [0.25, 0.3) is 0 Å². The van der Waals surface area contributed by atoms with Crippen LogP contribution in [0.1, 0.15) is 5.56 Å². The largest absolute Gasteiger partial charge is 0.506 e. The molecule has 0 aromatic heterocycles. The second kappa shape index (κ2) is 6.66. The Hall–Kier alpha value is -1.70. The molecule has 3 amide bonds. The number of anilines is 1. The lowest BCUT2D eigenvalue weighted by Gasteiger charge is -2.13. The van der Waals surface area contributed by atoms with Crippen molar-refractivity contribution >= 4 is 66.8 Å². The molecule has 0 aliphatic carbocycles. The predicted octanol–water partition coefficient (Wildman–Crippen LogP) is 4.72. The van der Waals surface area contributed by atoms with Crippen LogP contribution >= 0.6 is 43.5 Å². The second-order valence-electron chi connectivity index (χ2n) is 5.04. The van der Waals surface area contributed by atoms with Gasteiger partial charge in [0.15, 0.2) is 0 Å². The third-order valence-electron chi connectivity index (χ3n) is 3.40. The maximum absolute atomic E-state index is 12.5. The van der Waals surface area contributed by atoms with E-state index in [1.807, 2.05) is 0 Å². The molecular formula is C16H9Br2ClN2O3. The third-order valence-corrected chi connectivity index (χ3v) is 4.87. The number of benzene rings is 2. The van der Waals surface area contributed by atoms with Crippen LogP contribution in [0.15, 0.2) is 50.3 Å². The molecule has 5 nitrogen and oxygen atoms in total. The Labute approximate surface area is 159 Å². The highest BCUT2D eigenvalue weighted by Gasteiger charge is 2.34. The molecule has 0 saturated heterocycles. The van der Waals surface area contributed by atoms with Crippen LogP contribution in [-0.4, -0.2) is 22.8 Å². The standard InChI is InChI=1S/C16H9Br2ClN2O3/c17-11-5-8(6-12(18)14(11)22)7-13-15(23)21(16(24)20-13)10-3-1-9(19)2-4-10/h1-6,22H,7H2. The maximum Gasteiger partial charge on any atom is 0.355 e. The SMILES string of the molecule is O=C1N=C(Cc2cc(Br)c(O)c(Br)c2)C(=O)N1c1ccc(Cl)cc1. The van der Waals surface area contributed by atoms with Crippen molar-refractivity contribution < 1.29 is 14.7 Å². The Morgan fingerprint density at radius 3 is 2.25 bits per heavy atom. The van der Waals surface area contributed by atoms with Crippen molar-refractivity contribution in [3.8, 4) is 5.75 Å². The molecule has 1 N–H and O–H groups in total. The Morgan fingerprint density at radius 2 is 1.67 bits per heavy atom.